The summed E-state index contributed by atoms with van der Waals surface area (Å²) in [7, 11) is -1.41. The summed E-state index contributed by atoms with van der Waals surface area (Å²) in [6.45, 7) is 1.64. The van der Waals surface area contributed by atoms with Crippen molar-refractivity contribution in [3.8, 4) is 0 Å². The van der Waals surface area contributed by atoms with Crippen molar-refractivity contribution in [1.29, 1.82) is 5.41 Å². The summed E-state index contributed by atoms with van der Waals surface area (Å²) < 4.78 is 34.1. The summed E-state index contributed by atoms with van der Waals surface area (Å²) in [5, 5.41) is 13.6. The SMILES string of the molecule is CCOC(=O)CN(C(=O)c1ccc2c(c1)nc(CNc1ccc(C(=N)NC(=O)OCCS(C)(=O)=O)cc1)n2C)c1ccccn1. The van der Waals surface area contributed by atoms with Gasteiger partial charge in [-0.05, 0) is 61.5 Å². The molecule has 4 rings (SSSR count). The van der Waals surface area contributed by atoms with E-state index in [4.69, 9.17) is 19.9 Å². The third kappa shape index (κ3) is 8.86. The van der Waals surface area contributed by atoms with Gasteiger partial charge in [0, 0.05) is 36.3 Å². The molecule has 15 heteroatoms. The van der Waals surface area contributed by atoms with Crippen molar-refractivity contribution in [2.75, 3.05) is 42.0 Å². The van der Waals surface area contributed by atoms with Gasteiger partial charge in [0.25, 0.3) is 5.91 Å². The number of hydrogen-bond donors (Lipinski definition) is 3. The minimum Gasteiger partial charge on any atom is -0.465 e. The Kier molecular flexibility index (Phi) is 10.5. The number of pyridine rings is 1. The number of benzene rings is 2. The quantitative estimate of drug-likeness (QED) is 0.119. The number of aryl methyl sites for hydroxylation is 1. The van der Waals surface area contributed by atoms with Crippen molar-refractivity contribution in [2.45, 2.75) is 13.5 Å². The van der Waals surface area contributed by atoms with Crippen LogP contribution in [-0.4, -0.2) is 78.5 Å². The van der Waals surface area contributed by atoms with E-state index in [1.54, 1.807) is 73.8 Å². The van der Waals surface area contributed by atoms with Gasteiger partial charge in [-0.25, -0.2) is 23.2 Å². The first kappa shape index (κ1) is 32.6. The molecule has 2 aromatic heterocycles. The monoisotopic (exact) mass is 635 g/mol. The lowest BCUT2D eigenvalue weighted by Crippen LogP contribution is -2.37. The van der Waals surface area contributed by atoms with E-state index in [9.17, 15) is 22.8 Å². The number of amidine groups is 1. The number of carbonyl (C=O) groups is 3. The molecular formula is C30H33N7O7S. The Morgan fingerprint density at radius 1 is 1.02 bits per heavy atom. The molecule has 0 aliphatic heterocycles. The van der Waals surface area contributed by atoms with Crippen molar-refractivity contribution in [3.63, 3.8) is 0 Å². The van der Waals surface area contributed by atoms with Crippen LogP contribution < -0.4 is 15.5 Å². The van der Waals surface area contributed by atoms with Crippen LogP contribution in [0.25, 0.3) is 11.0 Å². The van der Waals surface area contributed by atoms with Gasteiger partial charge >= 0.3 is 12.1 Å². The number of hydrogen-bond acceptors (Lipinski definition) is 11. The van der Waals surface area contributed by atoms with E-state index in [1.165, 1.54) is 4.90 Å². The molecule has 4 aromatic rings. The maximum atomic E-state index is 13.5. The zero-order valence-electron chi connectivity index (χ0n) is 24.9. The highest BCUT2D eigenvalue weighted by molar-refractivity contribution is 7.90. The number of ether oxygens (including phenoxy) is 2. The number of nitrogens with zero attached hydrogens (tertiary/aromatic N) is 4. The molecule has 0 fully saturated rings. The summed E-state index contributed by atoms with van der Waals surface area (Å²) >= 11 is 0. The Labute approximate surface area is 259 Å². The molecule has 0 unspecified atom stereocenters. The van der Waals surface area contributed by atoms with Gasteiger partial charge in [0.1, 0.15) is 30.6 Å². The van der Waals surface area contributed by atoms with Gasteiger partial charge in [0.05, 0.1) is 29.9 Å². The molecule has 0 bridgehead atoms. The third-order valence-electron chi connectivity index (χ3n) is 6.52. The van der Waals surface area contributed by atoms with Gasteiger partial charge in [-0.1, -0.05) is 6.07 Å². The Balaban J connectivity index is 1.41. The van der Waals surface area contributed by atoms with E-state index in [2.05, 4.69) is 15.6 Å². The molecule has 236 valence electrons. The van der Waals surface area contributed by atoms with E-state index < -0.39 is 27.8 Å². The van der Waals surface area contributed by atoms with E-state index in [-0.39, 0.29) is 31.3 Å². The molecule has 0 spiro atoms. The molecule has 2 heterocycles. The van der Waals surface area contributed by atoms with E-state index in [1.807, 2.05) is 11.6 Å². The summed E-state index contributed by atoms with van der Waals surface area (Å²) in [6.07, 6.45) is 1.66. The zero-order valence-corrected chi connectivity index (χ0v) is 25.8. The predicted molar refractivity (Wildman–Crippen MR) is 168 cm³/mol. The number of amides is 2. The number of esters is 1. The van der Waals surface area contributed by atoms with Crippen LogP contribution in [0.15, 0.2) is 66.9 Å². The second-order valence-electron chi connectivity index (χ2n) is 9.87. The average molecular weight is 636 g/mol. The molecule has 0 atom stereocenters. The number of nitrogens with one attached hydrogen (secondary N) is 3. The predicted octanol–water partition coefficient (Wildman–Crippen LogP) is 2.89. The maximum absolute atomic E-state index is 13.5. The largest absolute Gasteiger partial charge is 0.465 e. The van der Waals surface area contributed by atoms with Gasteiger partial charge in [-0.2, -0.15) is 0 Å². The third-order valence-corrected chi connectivity index (χ3v) is 7.43. The maximum Gasteiger partial charge on any atom is 0.412 e. The van der Waals surface area contributed by atoms with Crippen molar-refractivity contribution in [3.05, 3.63) is 83.8 Å². The summed E-state index contributed by atoms with van der Waals surface area (Å²) in [4.78, 5) is 47.8. The molecule has 2 aromatic carbocycles. The van der Waals surface area contributed by atoms with Crippen LogP contribution in [0, 0.1) is 5.41 Å². The van der Waals surface area contributed by atoms with Crippen LogP contribution in [0.5, 0.6) is 0 Å². The lowest BCUT2D eigenvalue weighted by Gasteiger charge is -2.20. The van der Waals surface area contributed by atoms with Crippen LogP contribution >= 0.6 is 0 Å². The molecule has 0 radical (unpaired) electrons. The lowest BCUT2D eigenvalue weighted by molar-refractivity contribution is -0.141. The number of rotatable bonds is 12. The summed E-state index contributed by atoms with van der Waals surface area (Å²) in [5.74, 6) is -0.456. The number of carbonyl (C=O) groups excluding carboxylic acids is 3. The highest BCUT2D eigenvalue weighted by Gasteiger charge is 2.23. The zero-order chi connectivity index (χ0) is 32.6. The van der Waals surface area contributed by atoms with Crippen molar-refractivity contribution in [1.82, 2.24) is 19.9 Å². The minimum atomic E-state index is -3.27. The first-order valence-electron chi connectivity index (χ1n) is 13.8. The number of sulfone groups is 1. The van der Waals surface area contributed by atoms with Crippen molar-refractivity contribution >= 4 is 56.2 Å². The molecule has 0 saturated heterocycles. The number of aromatic nitrogens is 3. The molecule has 14 nitrogen and oxygen atoms in total. The standard InChI is InChI=1S/C30H33N7O7S/c1-4-43-27(38)19-37(25-7-5-6-14-32-25)29(39)21-10-13-24-23(17-21)34-26(36(24)2)18-33-22-11-8-20(9-12-22)28(31)35-30(40)44-15-16-45(3,41)42/h5-14,17,33H,4,15-16,18-19H2,1-3H3,(H2,31,35,40). The van der Waals surface area contributed by atoms with Crippen LogP contribution in [0.3, 0.4) is 0 Å². The van der Waals surface area contributed by atoms with Crippen LogP contribution in [-0.2, 0) is 37.7 Å². The Morgan fingerprint density at radius 2 is 1.76 bits per heavy atom. The molecule has 0 saturated carbocycles. The molecule has 0 aliphatic rings. The fourth-order valence-corrected chi connectivity index (χ4v) is 4.62. The van der Waals surface area contributed by atoms with Crippen LogP contribution in [0.4, 0.5) is 16.3 Å². The van der Waals surface area contributed by atoms with E-state index in [0.717, 1.165) is 17.5 Å². The van der Waals surface area contributed by atoms with Gasteiger partial charge in [0.2, 0.25) is 0 Å². The fraction of sp³-hybridized carbons (Fsp3) is 0.267. The fourth-order valence-electron chi connectivity index (χ4n) is 4.23. The number of imidazole rings is 1. The van der Waals surface area contributed by atoms with Crippen molar-refractivity contribution < 1.29 is 32.3 Å². The number of fused-ring (bicyclic) bond motifs is 1. The Morgan fingerprint density at radius 3 is 2.42 bits per heavy atom. The van der Waals surface area contributed by atoms with Gasteiger partial charge in [-0.15, -0.1) is 0 Å². The highest BCUT2D eigenvalue weighted by atomic mass is 32.2. The molecule has 45 heavy (non-hydrogen) atoms. The van der Waals surface area contributed by atoms with Gasteiger partial charge in [-0.3, -0.25) is 25.2 Å². The molecule has 3 N–H and O–H groups in total. The Hall–Kier alpha value is -5.31. The first-order chi connectivity index (χ1) is 21.4. The molecular weight excluding hydrogens is 602 g/mol. The lowest BCUT2D eigenvalue weighted by atomic mass is 10.1. The topological polar surface area (TPSA) is 186 Å². The van der Waals surface area contributed by atoms with Crippen LogP contribution in [0.1, 0.15) is 28.7 Å². The van der Waals surface area contributed by atoms with Gasteiger partial charge in [0.15, 0.2) is 9.84 Å². The average Bonchev–Trinajstić information content (AvgIpc) is 3.33. The minimum absolute atomic E-state index is 0.192. The second kappa shape index (κ2) is 14.4. The second-order valence-corrected chi connectivity index (χ2v) is 12.1. The van der Waals surface area contributed by atoms with Gasteiger partial charge < -0.3 is 19.4 Å². The number of alkyl carbamates (subject to hydrolysis) is 1. The summed E-state index contributed by atoms with van der Waals surface area (Å²) in [6, 6.07) is 17.0. The number of anilines is 2. The smallest absolute Gasteiger partial charge is 0.412 e. The first-order valence-corrected chi connectivity index (χ1v) is 15.9. The van der Waals surface area contributed by atoms with E-state index in [0.29, 0.717) is 34.8 Å². The summed E-state index contributed by atoms with van der Waals surface area (Å²) in [5.41, 5.74) is 2.88. The normalized spacial score (nSPS) is 11.1. The Bertz CT molecular complexity index is 1810. The molecule has 0 aliphatic carbocycles. The van der Waals surface area contributed by atoms with E-state index >= 15 is 0 Å². The highest BCUT2D eigenvalue weighted by Crippen LogP contribution is 2.21. The van der Waals surface area contributed by atoms with Crippen LogP contribution in [0.2, 0.25) is 0 Å². The van der Waals surface area contributed by atoms with Crippen molar-refractivity contribution in [2.24, 2.45) is 7.05 Å². The molecule has 2 amide bonds.